The third kappa shape index (κ3) is 4.45. The van der Waals surface area contributed by atoms with Crippen LogP contribution in [0.25, 0.3) is 16.9 Å². The highest BCUT2D eigenvalue weighted by atomic mass is 35.5. The molecule has 1 fully saturated rings. The maximum absolute atomic E-state index is 13.2. The molecule has 2 aliphatic rings. The van der Waals surface area contributed by atoms with E-state index in [0.29, 0.717) is 43.5 Å². The normalized spacial score (nSPS) is 15.4. The third-order valence-corrected chi connectivity index (χ3v) is 7.45. The molecule has 0 spiro atoms. The van der Waals surface area contributed by atoms with Gasteiger partial charge in [0.1, 0.15) is 23.9 Å². The van der Waals surface area contributed by atoms with Crippen LogP contribution in [-0.2, 0) is 4.79 Å². The Bertz CT molecular complexity index is 1480. The zero-order chi connectivity index (χ0) is 26.2. The van der Waals surface area contributed by atoms with Crippen LogP contribution in [0.5, 0.6) is 5.75 Å². The highest BCUT2D eigenvalue weighted by Crippen LogP contribution is 2.37. The molecule has 0 unspecified atom stereocenters. The van der Waals surface area contributed by atoms with Gasteiger partial charge >= 0.3 is 0 Å². The number of hydrogen-bond donors (Lipinski definition) is 1. The Morgan fingerprint density at radius 3 is 2.76 bits per heavy atom. The summed E-state index contributed by atoms with van der Waals surface area (Å²) in [6, 6.07) is 6.10. The van der Waals surface area contributed by atoms with Crippen molar-refractivity contribution in [1.29, 1.82) is 0 Å². The number of hydrogen-bond acceptors (Lipinski definition) is 8. The van der Waals surface area contributed by atoms with Gasteiger partial charge in [0.2, 0.25) is 5.91 Å². The van der Waals surface area contributed by atoms with Gasteiger partial charge in [-0.1, -0.05) is 17.7 Å². The monoisotopic (exact) mass is 532 g/mol. The lowest BCUT2D eigenvalue weighted by Gasteiger charge is -2.37. The molecular weight excluding hydrogens is 504 g/mol. The number of aromatic nitrogens is 4. The fraction of sp³-hybridized carbons (Fsp3) is 0.333. The minimum atomic E-state index is 0.0348. The minimum Gasteiger partial charge on any atom is -0.490 e. The van der Waals surface area contributed by atoms with Gasteiger partial charge in [0.15, 0.2) is 5.65 Å². The van der Waals surface area contributed by atoms with Crippen molar-refractivity contribution in [2.24, 2.45) is 0 Å². The number of likely N-dealkylation sites (N-methyl/N-ethyl adjacent to an activating group) is 1. The second-order valence-corrected chi connectivity index (χ2v) is 9.98. The number of piperazine rings is 1. The van der Waals surface area contributed by atoms with Crippen LogP contribution in [0.1, 0.15) is 5.56 Å². The Morgan fingerprint density at radius 2 is 1.95 bits per heavy atom. The van der Waals surface area contributed by atoms with Crippen LogP contribution >= 0.6 is 11.6 Å². The molecule has 5 heterocycles. The number of ether oxygens (including phenoxy) is 1. The summed E-state index contributed by atoms with van der Waals surface area (Å²) >= 11 is 6.41. The van der Waals surface area contributed by atoms with Crippen molar-refractivity contribution in [3.63, 3.8) is 0 Å². The Labute approximate surface area is 225 Å². The summed E-state index contributed by atoms with van der Waals surface area (Å²) in [5, 5.41) is 4.01. The molecule has 38 heavy (non-hydrogen) atoms. The number of pyridine rings is 1. The van der Waals surface area contributed by atoms with E-state index >= 15 is 0 Å². The van der Waals surface area contributed by atoms with Gasteiger partial charge in [-0.3, -0.25) is 19.2 Å². The molecule has 1 N–H and O–H groups in total. The fourth-order valence-electron chi connectivity index (χ4n) is 5.16. The first-order valence-electron chi connectivity index (χ1n) is 12.7. The summed E-state index contributed by atoms with van der Waals surface area (Å²) in [6.45, 7) is 6.33. The lowest BCUT2D eigenvalue weighted by molar-refractivity contribution is -0.129. The van der Waals surface area contributed by atoms with Crippen molar-refractivity contribution in [1.82, 2.24) is 24.3 Å². The van der Waals surface area contributed by atoms with E-state index in [1.54, 1.807) is 18.6 Å². The second-order valence-electron chi connectivity index (χ2n) is 9.57. The molecule has 3 aromatic heterocycles. The minimum absolute atomic E-state index is 0.0348. The number of imidazole rings is 1. The zero-order valence-electron chi connectivity index (χ0n) is 21.4. The SMILES string of the molecule is Cc1cncc(Cl)c1N1CCN(C(=O)CNc2c(-c3ccc4c(c3)OCCN4C)nc3cnccn23)CC1. The number of anilines is 3. The van der Waals surface area contributed by atoms with Gasteiger partial charge in [-0.25, -0.2) is 4.98 Å². The average Bonchev–Trinajstić information content (AvgIpc) is 3.30. The number of carbonyl (C=O) groups excluding carboxylic acids is 1. The molecule has 1 saturated heterocycles. The maximum atomic E-state index is 13.2. The first kappa shape index (κ1) is 24.3. The van der Waals surface area contributed by atoms with Crippen molar-refractivity contribution in [3.8, 4) is 17.0 Å². The van der Waals surface area contributed by atoms with E-state index in [9.17, 15) is 4.79 Å². The van der Waals surface area contributed by atoms with E-state index in [-0.39, 0.29) is 12.5 Å². The molecule has 4 aromatic rings. The molecule has 1 aromatic carbocycles. The standard InChI is InChI=1S/C27H29ClN8O2/c1-18-14-30-15-20(28)26(18)35-9-7-34(8-10-35)24(37)17-31-27-25(32-23-16-29-5-6-36(23)27)19-3-4-21-22(13-19)38-12-11-33(21)2/h3-6,13-16,31H,7-12,17H2,1-2H3. The second kappa shape index (κ2) is 10.0. The van der Waals surface area contributed by atoms with E-state index < -0.39 is 0 Å². The van der Waals surface area contributed by atoms with Crippen LogP contribution in [0.15, 0.2) is 49.2 Å². The summed E-state index contributed by atoms with van der Waals surface area (Å²) in [5.74, 6) is 1.61. The number of amides is 1. The van der Waals surface area contributed by atoms with Crippen LogP contribution in [-0.4, -0.2) is 83.1 Å². The number of rotatable bonds is 5. The highest BCUT2D eigenvalue weighted by molar-refractivity contribution is 6.33. The number of fused-ring (bicyclic) bond motifs is 2. The number of carbonyl (C=O) groups is 1. The Balaban J connectivity index is 1.19. The van der Waals surface area contributed by atoms with Crippen molar-refractivity contribution in [3.05, 3.63) is 59.8 Å². The summed E-state index contributed by atoms with van der Waals surface area (Å²) in [6.07, 6.45) is 8.76. The van der Waals surface area contributed by atoms with Crippen LogP contribution in [0, 0.1) is 6.92 Å². The number of nitrogens with zero attached hydrogens (tertiary/aromatic N) is 7. The van der Waals surface area contributed by atoms with E-state index in [4.69, 9.17) is 21.3 Å². The van der Waals surface area contributed by atoms with Crippen LogP contribution in [0.2, 0.25) is 5.02 Å². The van der Waals surface area contributed by atoms with Gasteiger partial charge < -0.3 is 24.8 Å². The van der Waals surface area contributed by atoms with Crippen LogP contribution in [0.4, 0.5) is 17.2 Å². The number of halogens is 1. The average molecular weight is 533 g/mol. The van der Waals surface area contributed by atoms with Crippen LogP contribution in [0.3, 0.4) is 0 Å². The van der Waals surface area contributed by atoms with E-state index in [2.05, 4.69) is 38.2 Å². The predicted molar refractivity (Wildman–Crippen MR) is 148 cm³/mol. The van der Waals surface area contributed by atoms with E-state index in [1.807, 2.05) is 40.8 Å². The van der Waals surface area contributed by atoms with Crippen molar-refractivity contribution in [2.45, 2.75) is 6.92 Å². The largest absolute Gasteiger partial charge is 0.490 e. The topological polar surface area (TPSA) is 91.1 Å². The lowest BCUT2D eigenvalue weighted by atomic mass is 10.1. The van der Waals surface area contributed by atoms with E-state index in [1.165, 1.54) is 0 Å². The molecular formula is C27H29ClN8O2. The molecule has 0 aliphatic carbocycles. The quantitative estimate of drug-likeness (QED) is 0.418. The van der Waals surface area contributed by atoms with Gasteiger partial charge in [0, 0.05) is 63.6 Å². The van der Waals surface area contributed by atoms with Crippen molar-refractivity contribution < 1.29 is 9.53 Å². The molecule has 0 saturated carbocycles. The van der Waals surface area contributed by atoms with Crippen molar-refractivity contribution >= 4 is 40.3 Å². The molecule has 0 radical (unpaired) electrons. The van der Waals surface area contributed by atoms with Crippen molar-refractivity contribution in [2.75, 3.05) is 68.0 Å². The smallest absolute Gasteiger partial charge is 0.242 e. The molecule has 0 bridgehead atoms. The van der Waals surface area contributed by atoms with E-state index in [0.717, 1.165) is 46.3 Å². The molecule has 1 amide bonds. The van der Waals surface area contributed by atoms with Gasteiger partial charge in [-0.2, -0.15) is 0 Å². The molecule has 10 nitrogen and oxygen atoms in total. The predicted octanol–water partition coefficient (Wildman–Crippen LogP) is 3.34. The fourth-order valence-corrected chi connectivity index (χ4v) is 5.48. The lowest BCUT2D eigenvalue weighted by Crippen LogP contribution is -2.50. The molecule has 2 aliphatic heterocycles. The molecule has 6 rings (SSSR count). The zero-order valence-corrected chi connectivity index (χ0v) is 22.1. The first-order valence-corrected chi connectivity index (χ1v) is 13.0. The number of aryl methyl sites for hydroxylation is 1. The summed E-state index contributed by atoms with van der Waals surface area (Å²) in [5.41, 5.74) is 5.45. The van der Waals surface area contributed by atoms with Gasteiger partial charge in [-0.05, 0) is 24.6 Å². The van der Waals surface area contributed by atoms with Crippen LogP contribution < -0.4 is 19.9 Å². The Hall–Kier alpha value is -4.05. The molecule has 196 valence electrons. The van der Waals surface area contributed by atoms with Gasteiger partial charge in [0.05, 0.1) is 35.7 Å². The molecule has 0 atom stereocenters. The highest BCUT2D eigenvalue weighted by Gasteiger charge is 2.25. The van der Waals surface area contributed by atoms with Gasteiger partial charge in [0.25, 0.3) is 0 Å². The number of nitrogens with one attached hydrogen (secondary N) is 1. The summed E-state index contributed by atoms with van der Waals surface area (Å²) < 4.78 is 7.84. The summed E-state index contributed by atoms with van der Waals surface area (Å²) in [4.78, 5) is 32.7. The Kier molecular flexibility index (Phi) is 6.40. The number of benzene rings is 1. The molecule has 11 heteroatoms. The first-order chi connectivity index (χ1) is 18.5. The maximum Gasteiger partial charge on any atom is 0.242 e. The summed E-state index contributed by atoms with van der Waals surface area (Å²) in [7, 11) is 2.06. The van der Waals surface area contributed by atoms with Gasteiger partial charge in [-0.15, -0.1) is 0 Å². The Morgan fingerprint density at radius 1 is 1.11 bits per heavy atom. The third-order valence-electron chi connectivity index (χ3n) is 7.17.